The molecule has 1 unspecified atom stereocenters. The lowest BCUT2D eigenvalue weighted by Gasteiger charge is -2.14. The van der Waals surface area contributed by atoms with Gasteiger partial charge in [0.05, 0.1) is 0 Å². The molecule has 0 fully saturated rings. The summed E-state index contributed by atoms with van der Waals surface area (Å²) in [6.07, 6.45) is 0.690. The van der Waals surface area contributed by atoms with Crippen molar-refractivity contribution in [2.75, 3.05) is 13.2 Å². The normalized spacial score (nSPS) is 11.9. The quantitative estimate of drug-likeness (QED) is 0.726. The highest BCUT2D eigenvalue weighted by molar-refractivity contribution is 5.80. The molecule has 100 valence electrons. The van der Waals surface area contributed by atoms with Gasteiger partial charge in [-0.3, -0.25) is 4.79 Å². The number of nitrogens with one attached hydrogen (secondary N) is 1. The zero-order chi connectivity index (χ0) is 13.4. The number of aliphatic hydroxyl groups is 1. The number of ether oxygens (including phenoxy) is 1. The number of carbonyl (C=O) groups is 1. The van der Waals surface area contributed by atoms with Crippen LogP contribution in [0.1, 0.15) is 19.8 Å². The van der Waals surface area contributed by atoms with Crippen LogP contribution in [0.4, 0.5) is 4.39 Å². The molecular weight excluding hydrogens is 237 g/mol. The Morgan fingerprint density at radius 1 is 1.50 bits per heavy atom. The first-order chi connectivity index (χ1) is 8.63. The summed E-state index contributed by atoms with van der Waals surface area (Å²) in [6, 6.07) is 5.66. The minimum absolute atomic E-state index is 0.116. The molecular formula is C13H18FNO3. The van der Waals surface area contributed by atoms with Crippen molar-refractivity contribution in [2.45, 2.75) is 25.9 Å². The molecule has 0 heterocycles. The topological polar surface area (TPSA) is 58.6 Å². The van der Waals surface area contributed by atoms with Gasteiger partial charge in [0.1, 0.15) is 11.6 Å². The first-order valence-corrected chi connectivity index (χ1v) is 5.94. The molecule has 0 aliphatic rings. The molecule has 0 aromatic heterocycles. The molecule has 2 N–H and O–H groups in total. The Bertz CT molecular complexity index is 384. The average Bonchev–Trinajstić information content (AvgIpc) is 2.34. The summed E-state index contributed by atoms with van der Waals surface area (Å²) >= 11 is 0. The van der Waals surface area contributed by atoms with Gasteiger partial charge in [-0.05, 0) is 31.9 Å². The van der Waals surface area contributed by atoms with E-state index >= 15 is 0 Å². The van der Waals surface area contributed by atoms with Gasteiger partial charge in [-0.1, -0.05) is 6.07 Å². The summed E-state index contributed by atoms with van der Waals surface area (Å²) in [5, 5.41) is 11.3. The average molecular weight is 255 g/mol. The molecule has 0 saturated carbocycles. The Hall–Kier alpha value is -1.62. The van der Waals surface area contributed by atoms with Crippen molar-refractivity contribution < 1.29 is 19.0 Å². The number of hydrogen-bond donors (Lipinski definition) is 2. The number of carbonyl (C=O) groups excluding carboxylic acids is 1. The standard InChI is InChI=1S/C13H18FNO3/c1-10(13(17)15-7-2-3-8-16)18-12-6-4-5-11(14)9-12/h4-6,9-10,16H,2-3,7-8H2,1H3,(H,15,17). The number of benzene rings is 1. The largest absolute Gasteiger partial charge is 0.481 e. The van der Waals surface area contributed by atoms with Gasteiger partial charge in [0.15, 0.2) is 6.10 Å². The zero-order valence-electron chi connectivity index (χ0n) is 10.4. The molecule has 0 aliphatic carbocycles. The van der Waals surface area contributed by atoms with E-state index in [-0.39, 0.29) is 12.5 Å². The lowest BCUT2D eigenvalue weighted by molar-refractivity contribution is -0.127. The van der Waals surface area contributed by atoms with Crippen LogP contribution in [-0.4, -0.2) is 30.3 Å². The van der Waals surface area contributed by atoms with E-state index in [0.29, 0.717) is 18.7 Å². The van der Waals surface area contributed by atoms with Crippen LogP contribution in [0.3, 0.4) is 0 Å². The predicted molar refractivity (Wildman–Crippen MR) is 65.8 cm³/mol. The van der Waals surface area contributed by atoms with E-state index in [9.17, 15) is 9.18 Å². The summed E-state index contributed by atoms with van der Waals surface area (Å²) in [7, 11) is 0. The third-order valence-corrected chi connectivity index (χ3v) is 2.36. The van der Waals surface area contributed by atoms with Crippen LogP contribution in [0.2, 0.25) is 0 Å². The first-order valence-electron chi connectivity index (χ1n) is 5.94. The highest BCUT2D eigenvalue weighted by Crippen LogP contribution is 2.13. The second kappa shape index (κ2) is 7.66. The van der Waals surface area contributed by atoms with Crippen LogP contribution in [0, 0.1) is 5.82 Å². The number of amides is 1. The van der Waals surface area contributed by atoms with E-state index in [1.54, 1.807) is 13.0 Å². The van der Waals surface area contributed by atoms with Crippen molar-refractivity contribution in [3.05, 3.63) is 30.1 Å². The number of rotatable bonds is 7. The van der Waals surface area contributed by atoms with Crippen LogP contribution in [0.5, 0.6) is 5.75 Å². The molecule has 0 aliphatic heterocycles. The van der Waals surface area contributed by atoms with E-state index in [0.717, 1.165) is 6.42 Å². The van der Waals surface area contributed by atoms with Crippen LogP contribution < -0.4 is 10.1 Å². The van der Waals surface area contributed by atoms with Gasteiger partial charge in [-0.25, -0.2) is 4.39 Å². The summed E-state index contributed by atoms with van der Waals surface area (Å²) in [6.45, 7) is 2.22. The fraction of sp³-hybridized carbons (Fsp3) is 0.462. The molecule has 0 bridgehead atoms. The maximum atomic E-state index is 12.9. The molecule has 18 heavy (non-hydrogen) atoms. The van der Waals surface area contributed by atoms with Gasteiger partial charge in [0.2, 0.25) is 0 Å². The van der Waals surface area contributed by atoms with E-state index < -0.39 is 11.9 Å². The maximum absolute atomic E-state index is 12.9. The monoisotopic (exact) mass is 255 g/mol. The van der Waals surface area contributed by atoms with Crippen molar-refractivity contribution in [3.63, 3.8) is 0 Å². The Labute approximate surface area is 106 Å². The number of unbranched alkanes of at least 4 members (excludes halogenated alkanes) is 1. The fourth-order valence-corrected chi connectivity index (χ4v) is 1.39. The number of halogens is 1. The highest BCUT2D eigenvalue weighted by atomic mass is 19.1. The Balaban J connectivity index is 2.35. The van der Waals surface area contributed by atoms with E-state index in [2.05, 4.69) is 5.32 Å². The van der Waals surface area contributed by atoms with Crippen molar-refractivity contribution >= 4 is 5.91 Å². The lowest BCUT2D eigenvalue weighted by Crippen LogP contribution is -2.36. The molecule has 0 spiro atoms. The van der Waals surface area contributed by atoms with Crippen LogP contribution in [0.15, 0.2) is 24.3 Å². The first kappa shape index (κ1) is 14.4. The maximum Gasteiger partial charge on any atom is 0.260 e. The Morgan fingerprint density at radius 3 is 2.94 bits per heavy atom. The minimum atomic E-state index is -0.680. The van der Waals surface area contributed by atoms with Gasteiger partial charge in [0.25, 0.3) is 5.91 Å². The lowest BCUT2D eigenvalue weighted by atomic mass is 10.3. The van der Waals surface area contributed by atoms with Crippen molar-refractivity contribution in [3.8, 4) is 5.75 Å². The Kier molecular flexibility index (Phi) is 6.14. The van der Waals surface area contributed by atoms with Crippen molar-refractivity contribution in [1.82, 2.24) is 5.32 Å². The molecule has 5 heteroatoms. The second-order valence-electron chi connectivity index (χ2n) is 3.94. The third-order valence-electron chi connectivity index (χ3n) is 2.36. The SMILES string of the molecule is CC(Oc1cccc(F)c1)C(=O)NCCCCO. The molecule has 1 atom stereocenters. The zero-order valence-corrected chi connectivity index (χ0v) is 10.4. The van der Waals surface area contributed by atoms with E-state index in [4.69, 9.17) is 9.84 Å². The summed E-state index contributed by atoms with van der Waals surface area (Å²) in [5.74, 6) is -0.326. The summed E-state index contributed by atoms with van der Waals surface area (Å²) < 4.78 is 18.2. The van der Waals surface area contributed by atoms with Crippen LogP contribution >= 0.6 is 0 Å². The van der Waals surface area contributed by atoms with Gasteiger partial charge in [-0.15, -0.1) is 0 Å². The fourth-order valence-electron chi connectivity index (χ4n) is 1.39. The van der Waals surface area contributed by atoms with E-state index in [1.807, 2.05) is 0 Å². The molecule has 1 rings (SSSR count). The molecule has 4 nitrogen and oxygen atoms in total. The van der Waals surface area contributed by atoms with Gasteiger partial charge >= 0.3 is 0 Å². The van der Waals surface area contributed by atoms with Gasteiger partial charge in [0, 0.05) is 19.2 Å². The third kappa shape index (κ3) is 5.14. The highest BCUT2D eigenvalue weighted by Gasteiger charge is 2.13. The van der Waals surface area contributed by atoms with Crippen molar-refractivity contribution in [2.24, 2.45) is 0 Å². The number of hydrogen-bond acceptors (Lipinski definition) is 3. The predicted octanol–water partition coefficient (Wildman–Crippen LogP) is 1.48. The molecule has 1 amide bonds. The smallest absolute Gasteiger partial charge is 0.260 e. The van der Waals surface area contributed by atoms with Gasteiger partial charge < -0.3 is 15.2 Å². The molecule has 1 aromatic carbocycles. The van der Waals surface area contributed by atoms with E-state index in [1.165, 1.54) is 18.2 Å². The summed E-state index contributed by atoms with van der Waals surface area (Å²) in [5.41, 5.74) is 0. The molecule has 0 saturated heterocycles. The second-order valence-corrected chi connectivity index (χ2v) is 3.94. The number of aliphatic hydroxyl groups excluding tert-OH is 1. The molecule has 1 aromatic rings. The van der Waals surface area contributed by atoms with Crippen LogP contribution in [-0.2, 0) is 4.79 Å². The minimum Gasteiger partial charge on any atom is -0.481 e. The summed E-state index contributed by atoms with van der Waals surface area (Å²) in [4.78, 5) is 11.6. The van der Waals surface area contributed by atoms with Crippen LogP contribution in [0.25, 0.3) is 0 Å². The Morgan fingerprint density at radius 2 is 2.28 bits per heavy atom. The van der Waals surface area contributed by atoms with Gasteiger partial charge in [-0.2, -0.15) is 0 Å². The molecule has 0 radical (unpaired) electrons. The van der Waals surface area contributed by atoms with Crippen molar-refractivity contribution in [1.29, 1.82) is 0 Å².